The van der Waals surface area contributed by atoms with Crippen LogP contribution in [-0.2, 0) is 0 Å². The molecule has 1 atom stereocenters. The summed E-state index contributed by atoms with van der Waals surface area (Å²) in [7, 11) is 0. The molecule has 0 aliphatic heterocycles. The third-order valence-corrected chi connectivity index (χ3v) is 3.50. The Labute approximate surface area is 108 Å². The van der Waals surface area contributed by atoms with Gasteiger partial charge in [-0.05, 0) is 37.5 Å². The van der Waals surface area contributed by atoms with E-state index >= 15 is 0 Å². The normalized spacial score (nSPS) is 14.3. The number of aryl methyl sites for hydroxylation is 1. The molecule has 0 saturated carbocycles. The molecule has 1 amide bonds. The van der Waals surface area contributed by atoms with Crippen molar-refractivity contribution >= 4 is 5.91 Å². The van der Waals surface area contributed by atoms with Crippen LogP contribution in [0.15, 0.2) is 18.2 Å². The van der Waals surface area contributed by atoms with Crippen LogP contribution < -0.4 is 11.1 Å². The van der Waals surface area contributed by atoms with Gasteiger partial charge in [0.1, 0.15) is 5.75 Å². The molecular weight excluding hydrogens is 228 g/mol. The fraction of sp³-hybridized carbons (Fsp3) is 0.500. The lowest BCUT2D eigenvalue weighted by Crippen LogP contribution is -2.55. The van der Waals surface area contributed by atoms with Crippen molar-refractivity contribution in [3.63, 3.8) is 0 Å². The van der Waals surface area contributed by atoms with Gasteiger partial charge in [0.05, 0.1) is 11.1 Å². The van der Waals surface area contributed by atoms with Gasteiger partial charge in [0.25, 0.3) is 5.91 Å². The van der Waals surface area contributed by atoms with Crippen molar-refractivity contribution in [2.24, 2.45) is 11.7 Å². The Morgan fingerprint density at radius 2 is 2.11 bits per heavy atom. The molecule has 100 valence electrons. The number of phenolic OH excluding ortho intramolecular Hbond substituents is 1. The van der Waals surface area contributed by atoms with Gasteiger partial charge in [0.15, 0.2) is 0 Å². The minimum absolute atomic E-state index is 0.00405. The van der Waals surface area contributed by atoms with E-state index in [1.165, 1.54) is 0 Å². The second-order valence-electron chi connectivity index (χ2n) is 5.25. The Morgan fingerprint density at radius 3 is 2.56 bits per heavy atom. The SMILES string of the molecule is Cc1ccc(C(=O)NC(C)(CN)C(C)C)c(O)c1. The van der Waals surface area contributed by atoms with Crippen LogP contribution in [0.3, 0.4) is 0 Å². The van der Waals surface area contributed by atoms with Gasteiger partial charge in [-0.3, -0.25) is 4.79 Å². The second-order valence-corrected chi connectivity index (χ2v) is 5.25. The van der Waals surface area contributed by atoms with Crippen LogP contribution >= 0.6 is 0 Å². The summed E-state index contributed by atoms with van der Waals surface area (Å²) >= 11 is 0. The first-order valence-corrected chi connectivity index (χ1v) is 6.12. The standard InChI is InChI=1S/C14H22N2O2/c1-9(2)14(4,8-15)16-13(18)11-6-5-10(3)7-12(11)17/h5-7,9,17H,8,15H2,1-4H3,(H,16,18). The van der Waals surface area contributed by atoms with E-state index in [9.17, 15) is 9.90 Å². The molecule has 1 aromatic rings. The number of rotatable bonds is 4. The van der Waals surface area contributed by atoms with Crippen molar-refractivity contribution in [3.05, 3.63) is 29.3 Å². The molecule has 18 heavy (non-hydrogen) atoms. The third-order valence-electron chi connectivity index (χ3n) is 3.50. The zero-order valence-corrected chi connectivity index (χ0v) is 11.4. The molecule has 4 N–H and O–H groups in total. The molecule has 0 spiro atoms. The van der Waals surface area contributed by atoms with Gasteiger partial charge in [0.2, 0.25) is 0 Å². The summed E-state index contributed by atoms with van der Waals surface area (Å²) in [5.74, 6) is -0.0937. The van der Waals surface area contributed by atoms with Gasteiger partial charge in [0, 0.05) is 6.54 Å². The van der Waals surface area contributed by atoms with E-state index in [1.807, 2.05) is 27.7 Å². The molecule has 0 aromatic heterocycles. The van der Waals surface area contributed by atoms with Gasteiger partial charge in [-0.2, -0.15) is 0 Å². The van der Waals surface area contributed by atoms with Crippen LogP contribution in [0.5, 0.6) is 5.75 Å². The number of amides is 1. The summed E-state index contributed by atoms with van der Waals surface area (Å²) in [5.41, 5.74) is 6.43. The summed E-state index contributed by atoms with van der Waals surface area (Å²) < 4.78 is 0. The maximum Gasteiger partial charge on any atom is 0.255 e. The highest BCUT2D eigenvalue weighted by atomic mass is 16.3. The maximum absolute atomic E-state index is 12.1. The predicted molar refractivity (Wildman–Crippen MR) is 72.6 cm³/mol. The number of hydrogen-bond donors (Lipinski definition) is 3. The van der Waals surface area contributed by atoms with E-state index in [-0.39, 0.29) is 23.1 Å². The molecule has 0 aliphatic rings. The van der Waals surface area contributed by atoms with E-state index < -0.39 is 5.54 Å². The molecule has 1 unspecified atom stereocenters. The maximum atomic E-state index is 12.1. The van der Waals surface area contributed by atoms with E-state index in [1.54, 1.807) is 18.2 Å². The first kappa shape index (κ1) is 14.5. The Balaban J connectivity index is 2.95. The monoisotopic (exact) mass is 250 g/mol. The van der Waals surface area contributed by atoms with Crippen molar-refractivity contribution in [1.29, 1.82) is 0 Å². The largest absolute Gasteiger partial charge is 0.507 e. The smallest absolute Gasteiger partial charge is 0.255 e. The number of carbonyl (C=O) groups excluding carboxylic acids is 1. The minimum Gasteiger partial charge on any atom is -0.507 e. The molecule has 4 heteroatoms. The highest BCUT2D eigenvalue weighted by Gasteiger charge is 2.29. The fourth-order valence-corrected chi connectivity index (χ4v) is 1.59. The topological polar surface area (TPSA) is 75.4 Å². The van der Waals surface area contributed by atoms with Crippen LogP contribution in [0.25, 0.3) is 0 Å². The fourth-order valence-electron chi connectivity index (χ4n) is 1.59. The molecule has 1 aromatic carbocycles. The number of aromatic hydroxyl groups is 1. The first-order valence-electron chi connectivity index (χ1n) is 6.12. The van der Waals surface area contributed by atoms with Gasteiger partial charge in [-0.1, -0.05) is 19.9 Å². The highest BCUT2D eigenvalue weighted by Crippen LogP contribution is 2.21. The van der Waals surface area contributed by atoms with Gasteiger partial charge >= 0.3 is 0 Å². The zero-order valence-electron chi connectivity index (χ0n) is 11.4. The Kier molecular flexibility index (Phi) is 4.35. The Morgan fingerprint density at radius 1 is 1.50 bits per heavy atom. The van der Waals surface area contributed by atoms with Crippen LogP contribution in [0.4, 0.5) is 0 Å². The number of carbonyl (C=O) groups is 1. The highest BCUT2D eigenvalue weighted by molar-refractivity contribution is 5.97. The number of phenols is 1. The van der Waals surface area contributed by atoms with E-state index in [0.29, 0.717) is 6.54 Å². The molecule has 0 heterocycles. The summed E-state index contributed by atoms with van der Waals surface area (Å²) in [5, 5.41) is 12.7. The molecule has 1 rings (SSSR count). The molecule has 0 bridgehead atoms. The van der Waals surface area contributed by atoms with Crippen LogP contribution in [0.1, 0.15) is 36.7 Å². The molecule has 4 nitrogen and oxygen atoms in total. The average molecular weight is 250 g/mol. The predicted octanol–water partition coefficient (Wildman–Crippen LogP) is 1.80. The summed E-state index contributed by atoms with van der Waals surface area (Å²) in [6.07, 6.45) is 0. The summed E-state index contributed by atoms with van der Waals surface area (Å²) in [6, 6.07) is 4.99. The lowest BCUT2D eigenvalue weighted by molar-refractivity contribution is 0.0880. The lowest BCUT2D eigenvalue weighted by Gasteiger charge is -2.33. The van der Waals surface area contributed by atoms with E-state index in [0.717, 1.165) is 5.56 Å². The van der Waals surface area contributed by atoms with E-state index in [4.69, 9.17) is 5.73 Å². The van der Waals surface area contributed by atoms with Crippen LogP contribution in [0.2, 0.25) is 0 Å². The van der Waals surface area contributed by atoms with Crippen molar-refractivity contribution in [2.45, 2.75) is 33.2 Å². The van der Waals surface area contributed by atoms with Crippen molar-refractivity contribution < 1.29 is 9.90 Å². The number of nitrogens with one attached hydrogen (secondary N) is 1. The van der Waals surface area contributed by atoms with Gasteiger partial charge < -0.3 is 16.2 Å². The number of hydrogen-bond acceptors (Lipinski definition) is 3. The third kappa shape index (κ3) is 3.01. The van der Waals surface area contributed by atoms with Gasteiger partial charge in [-0.15, -0.1) is 0 Å². The minimum atomic E-state index is -0.478. The number of nitrogens with two attached hydrogens (primary N) is 1. The molecular formula is C14H22N2O2. The average Bonchev–Trinajstić information content (AvgIpc) is 2.28. The second kappa shape index (κ2) is 5.40. The molecule has 0 saturated heterocycles. The van der Waals surface area contributed by atoms with Crippen molar-refractivity contribution in [3.8, 4) is 5.75 Å². The molecule has 0 fully saturated rings. The van der Waals surface area contributed by atoms with Crippen LogP contribution in [0, 0.1) is 12.8 Å². The number of benzene rings is 1. The van der Waals surface area contributed by atoms with Gasteiger partial charge in [-0.25, -0.2) is 0 Å². The summed E-state index contributed by atoms with van der Waals surface area (Å²) in [6.45, 7) is 8.12. The molecule has 0 aliphatic carbocycles. The Bertz CT molecular complexity index is 443. The quantitative estimate of drug-likeness (QED) is 0.762. The van der Waals surface area contributed by atoms with Crippen molar-refractivity contribution in [1.82, 2.24) is 5.32 Å². The van der Waals surface area contributed by atoms with Crippen LogP contribution in [-0.4, -0.2) is 23.1 Å². The Hall–Kier alpha value is -1.55. The molecule has 0 radical (unpaired) electrons. The zero-order chi connectivity index (χ0) is 13.9. The van der Waals surface area contributed by atoms with Crippen molar-refractivity contribution in [2.75, 3.05) is 6.54 Å². The summed E-state index contributed by atoms with van der Waals surface area (Å²) in [4.78, 5) is 12.1. The lowest BCUT2D eigenvalue weighted by atomic mass is 9.88. The van der Waals surface area contributed by atoms with E-state index in [2.05, 4.69) is 5.32 Å². The first-order chi connectivity index (χ1) is 8.30.